The van der Waals surface area contributed by atoms with Crippen LogP contribution in [-0.2, 0) is 26.2 Å². The number of imide groups is 2. The number of phenols is 1. The van der Waals surface area contributed by atoms with Crippen molar-refractivity contribution in [3.8, 4) is 16.3 Å². The maximum absolute atomic E-state index is 14.9. The van der Waals surface area contributed by atoms with Crippen LogP contribution in [0.2, 0.25) is 10.0 Å². The van der Waals surface area contributed by atoms with Gasteiger partial charge in [0.15, 0.2) is 0 Å². The van der Waals surface area contributed by atoms with Gasteiger partial charge < -0.3 is 5.11 Å². The van der Waals surface area contributed by atoms with Gasteiger partial charge in [-0.25, -0.2) is 4.90 Å². The van der Waals surface area contributed by atoms with Crippen LogP contribution in [0.1, 0.15) is 50.2 Å². The van der Waals surface area contributed by atoms with Crippen LogP contribution in [0.25, 0.3) is 20.7 Å². The first-order valence-electron chi connectivity index (χ1n) is 16.5. The fraction of sp³-hybridized carbons (Fsp3) is 0.378. The highest BCUT2D eigenvalue weighted by atomic mass is 35.5. The summed E-state index contributed by atoms with van der Waals surface area (Å²) in [7, 11) is 1.72. The van der Waals surface area contributed by atoms with Crippen molar-refractivity contribution in [2.75, 3.05) is 11.4 Å². The predicted molar refractivity (Wildman–Crippen MR) is 189 cm³/mol. The molecular weight excluding hydrogens is 683 g/mol. The zero-order valence-electron chi connectivity index (χ0n) is 27.4. The van der Waals surface area contributed by atoms with Gasteiger partial charge in [0.05, 0.1) is 28.0 Å². The molecule has 0 radical (unpaired) electrons. The third-order valence-electron chi connectivity index (χ3n) is 11.3. The summed E-state index contributed by atoms with van der Waals surface area (Å²) in [5, 5.41) is 16.9. The Morgan fingerprint density at radius 3 is 2.53 bits per heavy atom. The first kappa shape index (κ1) is 32.2. The highest BCUT2D eigenvalue weighted by Gasteiger charge is 2.68. The molecule has 2 aliphatic heterocycles. The number of thiophene rings is 1. The molecule has 4 heterocycles. The summed E-state index contributed by atoms with van der Waals surface area (Å²) in [6, 6.07) is 12.2. The topological polar surface area (TPSA) is 113 Å². The van der Waals surface area contributed by atoms with Gasteiger partial charge in [-0.1, -0.05) is 47.8 Å². The maximum atomic E-state index is 14.9. The zero-order chi connectivity index (χ0) is 34.7. The molecule has 12 heteroatoms. The monoisotopic (exact) mass is 716 g/mol. The average molecular weight is 718 g/mol. The zero-order valence-corrected chi connectivity index (χ0v) is 29.7. The van der Waals surface area contributed by atoms with Crippen LogP contribution in [0.4, 0.5) is 5.82 Å². The Bertz CT molecular complexity index is 2170. The number of benzene rings is 2. The molecule has 2 aromatic heterocycles. The molecule has 8 rings (SSSR count). The first-order chi connectivity index (χ1) is 23.4. The van der Waals surface area contributed by atoms with E-state index in [-0.39, 0.29) is 40.8 Å². The molecule has 252 valence electrons. The van der Waals surface area contributed by atoms with Crippen molar-refractivity contribution in [2.24, 2.45) is 36.1 Å². The third kappa shape index (κ3) is 4.46. The minimum Gasteiger partial charge on any atom is -0.508 e. The number of aryl methyl sites for hydroxylation is 2. The molecule has 6 atom stereocenters. The second-order valence-electron chi connectivity index (χ2n) is 13.9. The minimum atomic E-state index is -1.27. The SMILES string of the molecule is CCCN1C(=O)[C@H]2[C@H](CC=C3[C@H]2C[C@H]2C(=O)N(c4cc(-c5sc6ccc(Cl)cc6c5C)nn4C)C(=O)[C@@]2(C)[C@H]3c2ccc(O)cc2Cl)C1=O. The first-order valence-corrected chi connectivity index (χ1v) is 18.1. The Balaban J connectivity index is 1.25. The van der Waals surface area contributed by atoms with Crippen LogP contribution in [0, 0.1) is 36.0 Å². The lowest BCUT2D eigenvalue weighted by atomic mass is 9.51. The maximum Gasteiger partial charge on any atom is 0.242 e. The molecule has 1 saturated carbocycles. The number of likely N-dealkylation sites (tertiary alicyclic amines) is 1. The molecule has 9 nitrogen and oxygen atoms in total. The van der Waals surface area contributed by atoms with Gasteiger partial charge in [0, 0.05) is 40.3 Å². The number of phenolic OH excluding ortho intramolecular Hbond substituents is 1. The summed E-state index contributed by atoms with van der Waals surface area (Å²) >= 11 is 14.7. The fourth-order valence-corrected chi connectivity index (χ4v) is 10.7. The molecule has 4 aliphatic rings. The third-order valence-corrected chi connectivity index (χ3v) is 13.2. The molecule has 0 unspecified atom stereocenters. The number of halogens is 2. The molecule has 4 aromatic rings. The van der Waals surface area contributed by atoms with Crippen molar-refractivity contribution in [1.82, 2.24) is 14.7 Å². The highest BCUT2D eigenvalue weighted by Crippen LogP contribution is 2.64. The smallest absolute Gasteiger partial charge is 0.242 e. The number of nitrogens with zero attached hydrogens (tertiary/aromatic N) is 4. The molecule has 49 heavy (non-hydrogen) atoms. The van der Waals surface area contributed by atoms with Crippen molar-refractivity contribution in [3.63, 3.8) is 0 Å². The number of carbonyl (C=O) groups is 4. The Morgan fingerprint density at radius 1 is 1.02 bits per heavy atom. The molecule has 2 saturated heterocycles. The Hall–Kier alpha value is -3.99. The van der Waals surface area contributed by atoms with Crippen molar-refractivity contribution in [1.29, 1.82) is 0 Å². The number of allylic oxidation sites excluding steroid dienone is 2. The van der Waals surface area contributed by atoms with Crippen LogP contribution < -0.4 is 4.90 Å². The van der Waals surface area contributed by atoms with E-state index in [4.69, 9.17) is 28.3 Å². The molecule has 3 fully saturated rings. The second-order valence-corrected chi connectivity index (χ2v) is 15.8. The Labute approximate surface area is 297 Å². The summed E-state index contributed by atoms with van der Waals surface area (Å²) in [5.41, 5.74) is 1.82. The predicted octanol–water partition coefficient (Wildman–Crippen LogP) is 7.26. The van der Waals surface area contributed by atoms with Gasteiger partial charge in [-0.2, -0.15) is 5.10 Å². The average Bonchev–Trinajstić information content (AvgIpc) is 3.73. The van der Waals surface area contributed by atoms with Crippen LogP contribution >= 0.6 is 34.5 Å². The van der Waals surface area contributed by atoms with Gasteiger partial charge in [-0.15, -0.1) is 11.3 Å². The molecule has 4 amide bonds. The molecule has 0 spiro atoms. The number of amides is 4. The van der Waals surface area contributed by atoms with E-state index in [0.717, 1.165) is 26.1 Å². The summed E-state index contributed by atoms with van der Waals surface area (Å²) in [6.07, 6.45) is 3.26. The van der Waals surface area contributed by atoms with E-state index in [1.165, 1.54) is 21.9 Å². The highest BCUT2D eigenvalue weighted by molar-refractivity contribution is 7.22. The van der Waals surface area contributed by atoms with Crippen molar-refractivity contribution in [2.45, 2.75) is 46.0 Å². The van der Waals surface area contributed by atoms with Gasteiger partial charge in [-0.05, 0) is 85.9 Å². The lowest BCUT2D eigenvalue weighted by Crippen LogP contribution is -2.49. The second kappa shape index (κ2) is 11.3. The largest absolute Gasteiger partial charge is 0.508 e. The van der Waals surface area contributed by atoms with Gasteiger partial charge in [-0.3, -0.25) is 28.8 Å². The van der Waals surface area contributed by atoms with Gasteiger partial charge in [0.1, 0.15) is 17.3 Å². The normalized spacial score (nSPS) is 28.0. The van der Waals surface area contributed by atoms with Crippen molar-refractivity contribution < 1.29 is 24.3 Å². The van der Waals surface area contributed by atoms with E-state index in [0.29, 0.717) is 41.5 Å². The van der Waals surface area contributed by atoms with E-state index >= 15 is 0 Å². The summed E-state index contributed by atoms with van der Waals surface area (Å²) in [6.45, 7) is 6.10. The number of carbonyl (C=O) groups excluding carboxylic acids is 4. The number of fused-ring (bicyclic) bond motifs is 5. The van der Waals surface area contributed by atoms with Gasteiger partial charge >= 0.3 is 0 Å². The Kier molecular flexibility index (Phi) is 7.41. The standard InChI is InChI=1S/C37H34Cl2N4O5S/c1-5-12-42-33(45)22-10-9-20-24(30(22)35(42)47)15-25-34(46)43(36(48)37(25,3)31(20)21-8-7-19(44)14-26(21)39)29-16-27(40-41(29)4)32-17(2)23-13-18(38)6-11-28(23)49-32/h6-9,11,13-14,16,22,24-25,30-31,44H,5,10,12,15H2,1-4H3/t22-,24+,25-,30-,31+,37+/m0/s1. The number of hydrogen-bond donors (Lipinski definition) is 1. The molecular formula is C37H34Cl2N4O5S. The summed E-state index contributed by atoms with van der Waals surface area (Å²) < 4.78 is 2.62. The summed E-state index contributed by atoms with van der Waals surface area (Å²) in [4.78, 5) is 60.5. The van der Waals surface area contributed by atoms with Crippen molar-refractivity contribution in [3.05, 3.63) is 75.3 Å². The number of aromatic nitrogens is 2. The van der Waals surface area contributed by atoms with E-state index < -0.39 is 35.0 Å². The van der Waals surface area contributed by atoms with Crippen LogP contribution in [0.15, 0.2) is 54.1 Å². The van der Waals surface area contributed by atoms with E-state index in [1.54, 1.807) is 35.2 Å². The fourth-order valence-electron chi connectivity index (χ4n) is 9.05. The molecule has 2 aliphatic carbocycles. The van der Waals surface area contributed by atoms with Crippen LogP contribution in [-0.4, -0.2) is 50.0 Å². The quantitative estimate of drug-likeness (QED) is 0.172. The van der Waals surface area contributed by atoms with Crippen LogP contribution in [0.3, 0.4) is 0 Å². The lowest BCUT2D eigenvalue weighted by Gasteiger charge is -2.49. The lowest BCUT2D eigenvalue weighted by molar-refractivity contribution is -0.140. The van der Waals surface area contributed by atoms with Gasteiger partial charge in [0.25, 0.3) is 0 Å². The Morgan fingerprint density at radius 2 is 1.80 bits per heavy atom. The number of hydrogen-bond acceptors (Lipinski definition) is 7. The van der Waals surface area contributed by atoms with Crippen LogP contribution in [0.5, 0.6) is 5.75 Å². The van der Waals surface area contributed by atoms with Crippen molar-refractivity contribution >= 4 is 74.1 Å². The minimum absolute atomic E-state index is 0.0241. The van der Waals surface area contributed by atoms with E-state index in [2.05, 4.69) is 0 Å². The number of aromatic hydroxyl groups is 1. The van der Waals surface area contributed by atoms with E-state index in [1.807, 2.05) is 45.0 Å². The van der Waals surface area contributed by atoms with E-state index in [9.17, 15) is 24.3 Å². The molecule has 0 bridgehead atoms. The summed E-state index contributed by atoms with van der Waals surface area (Å²) in [5.74, 6) is -3.83. The molecule has 1 N–H and O–H groups in total. The number of anilines is 1. The van der Waals surface area contributed by atoms with Gasteiger partial charge in [0.2, 0.25) is 23.6 Å². The number of rotatable bonds is 5. The molecule has 2 aromatic carbocycles.